The fourth-order valence-corrected chi connectivity index (χ4v) is 3.60. The standard InChI is InChI=1S/C14H16ClNOS/c15-11-7-10(14(16)18)3-4-12(11)17-13-6-8-1-2-9(13)5-8/h3-4,7-9,13H,1-2,5-6H2,(H2,16,18). The largest absolute Gasteiger partial charge is 0.489 e. The molecule has 2 aliphatic rings. The molecule has 1 aromatic carbocycles. The number of nitrogens with two attached hydrogens (primary N) is 1. The van der Waals surface area contributed by atoms with Gasteiger partial charge < -0.3 is 10.5 Å². The SMILES string of the molecule is NC(=S)c1ccc(OC2CC3CCC2C3)c(Cl)c1. The van der Waals surface area contributed by atoms with E-state index in [1.165, 1.54) is 25.7 Å². The van der Waals surface area contributed by atoms with Crippen LogP contribution in [0.25, 0.3) is 0 Å². The van der Waals surface area contributed by atoms with Gasteiger partial charge in [-0.1, -0.05) is 23.8 Å². The number of halogens is 1. The van der Waals surface area contributed by atoms with Gasteiger partial charge in [-0.05, 0) is 55.7 Å². The van der Waals surface area contributed by atoms with E-state index in [1.54, 1.807) is 6.07 Å². The monoisotopic (exact) mass is 281 g/mol. The Balaban J connectivity index is 1.75. The van der Waals surface area contributed by atoms with Crippen molar-refractivity contribution < 1.29 is 4.74 Å². The smallest absolute Gasteiger partial charge is 0.138 e. The lowest BCUT2D eigenvalue weighted by Crippen LogP contribution is -2.23. The number of thiocarbonyl (C=S) groups is 1. The van der Waals surface area contributed by atoms with E-state index in [0.717, 1.165) is 23.1 Å². The maximum Gasteiger partial charge on any atom is 0.138 e. The van der Waals surface area contributed by atoms with Crippen LogP contribution in [0.3, 0.4) is 0 Å². The van der Waals surface area contributed by atoms with E-state index in [4.69, 9.17) is 34.3 Å². The van der Waals surface area contributed by atoms with E-state index < -0.39 is 0 Å². The summed E-state index contributed by atoms with van der Waals surface area (Å²) in [5.41, 5.74) is 6.36. The third kappa shape index (κ3) is 2.21. The van der Waals surface area contributed by atoms with Gasteiger partial charge in [0.05, 0.1) is 5.02 Å². The van der Waals surface area contributed by atoms with E-state index in [2.05, 4.69) is 0 Å². The third-order valence-electron chi connectivity index (χ3n) is 4.17. The number of fused-ring (bicyclic) bond motifs is 2. The molecule has 2 aliphatic carbocycles. The van der Waals surface area contributed by atoms with Crippen LogP contribution in [0.1, 0.15) is 31.2 Å². The Morgan fingerprint density at radius 2 is 2.17 bits per heavy atom. The molecular formula is C14H16ClNOS. The molecular weight excluding hydrogens is 266 g/mol. The zero-order valence-corrected chi connectivity index (χ0v) is 11.6. The van der Waals surface area contributed by atoms with Crippen molar-refractivity contribution in [2.24, 2.45) is 17.6 Å². The first-order valence-electron chi connectivity index (χ1n) is 6.39. The maximum absolute atomic E-state index is 6.21. The van der Waals surface area contributed by atoms with Crippen LogP contribution in [0.5, 0.6) is 5.75 Å². The predicted molar refractivity (Wildman–Crippen MR) is 77.2 cm³/mol. The molecule has 18 heavy (non-hydrogen) atoms. The van der Waals surface area contributed by atoms with Gasteiger partial charge in [0.2, 0.25) is 0 Å². The Kier molecular flexibility index (Phi) is 3.20. The normalized spacial score (nSPS) is 29.5. The van der Waals surface area contributed by atoms with Gasteiger partial charge in [-0.15, -0.1) is 0 Å². The van der Waals surface area contributed by atoms with Crippen LogP contribution in [0.2, 0.25) is 5.02 Å². The molecule has 2 nitrogen and oxygen atoms in total. The van der Waals surface area contributed by atoms with Crippen LogP contribution < -0.4 is 10.5 Å². The summed E-state index contributed by atoms with van der Waals surface area (Å²) in [4.78, 5) is 0.364. The van der Waals surface area contributed by atoms with Crippen molar-refractivity contribution >= 4 is 28.8 Å². The Hall–Kier alpha value is -0.800. The third-order valence-corrected chi connectivity index (χ3v) is 4.70. The Morgan fingerprint density at radius 1 is 1.33 bits per heavy atom. The van der Waals surface area contributed by atoms with Gasteiger partial charge in [0.15, 0.2) is 0 Å². The summed E-state index contributed by atoms with van der Waals surface area (Å²) in [5, 5.41) is 0.600. The number of rotatable bonds is 3. The molecule has 0 amide bonds. The van der Waals surface area contributed by atoms with Crippen molar-refractivity contribution in [2.45, 2.75) is 31.8 Å². The Morgan fingerprint density at radius 3 is 2.72 bits per heavy atom. The molecule has 0 heterocycles. The highest BCUT2D eigenvalue weighted by atomic mass is 35.5. The summed E-state index contributed by atoms with van der Waals surface area (Å²) >= 11 is 11.1. The average molecular weight is 282 g/mol. The number of ether oxygens (including phenoxy) is 1. The summed E-state index contributed by atoms with van der Waals surface area (Å²) in [5.74, 6) is 2.35. The van der Waals surface area contributed by atoms with Gasteiger partial charge in [-0.25, -0.2) is 0 Å². The summed E-state index contributed by atoms with van der Waals surface area (Å²) in [6.45, 7) is 0. The molecule has 1 aromatic rings. The van der Waals surface area contributed by atoms with Crippen molar-refractivity contribution in [3.8, 4) is 5.75 Å². The van der Waals surface area contributed by atoms with Crippen molar-refractivity contribution in [1.82, 2.24) is 0 Å². The van der Waals surface area contributed by atoms with Crippen molar-refractivity contribution in [2.75, 3.05) is 0 Å². The Bertz CT molecular complexity index is 491. The average Bonchev–Trinajstić information content (AvgIpc) is 2.93. The van der Waals surface area contributed by atoms with Gasteiger partial charge >= 0.3 is 0 Å². The molecule has 96 valence electrons. The van der Waals surface area contributed by atoms with Gasteiger partial charge in [0, 0.05) is 5.56 Å². The molecule has 3 rings (SSSR count). The lowest BCUT2D eigenvalue weighted by molar-refractivity contribution is 0.138. The van der Waals surface area contributed by atoms with E-state index in [1.807, 2.05) is 12.1 Å². The minimum absolute atomic E-state index is 0.344. The van der Waals surface area contributed by atoms with Gasteiger partial charge in [-0.2, -0.15) is 0 Å². The van der Waals surface area contributed by atoms with Crippen LogP contribution in [0.4, 0.5) is 0 Å². The first-order valence-corrected chi connectivity index (χ1v) is 7.18. The molecule has 4 heteroatoms. The quantitative estimate of drug-likeness (QED) is 0.861. The number of benzene rings is 1. The molecule has 3 atom stereocenters. The summed E-state index contributed by atoms with van der Waals surface area (Å²) < 4.78 is 6.06. The first kappa shape index (κ1) is 12.2. The highest BCUT2D eigenvalue weighted by molar-refractivity contribution is 7.80. The van der Waals surface area contributed by atoms with E-state index in [9.17, 15) is 0 Å². The van der Waals surface area contributed by atoms with Crippen LogP contribution in [0.15, 0.2) is 18.2 Å². The first-order chi connectivity index (χ1) is 8.63. The van der Waals surface area contributed by atoms with Crippen LogP contribution >= 0.6 is 23.8 Å². The van der Waals surface area contributed by atoms with Gasteiger partial charge in [0.25, 0.3) is 0 Å². The van der Waals surface area contributed by atoms with Gasteiger partial charge in [0.1, 0.15) is 16.8 Å². The highest BCUT2D eigenvalue weighted by Crippen LogP contribution is 2.46. The van der Waals surface area contributed by atoms with Crippen molar-refractivity contribution in [1.29, 1.82) is 0 Å². The van der Waals surface area contributed by atoms with Crippen LogP contribution in [-0.4, -0.2) is 11.1 Å². The summed E-state index contributed by atoms with van der Waals surface area (Å²) in [6.07, 6.45) is 5.53. The molecule has 0 spiro atoms. The molecule has 0 radical (unpaired) electrons. The Labute approximate surface area is 117 Å². The fraction of sp³-hybridized carbons (Fsp3) is 0.500. The zero-order valence-electron chi connectivity index (χ0n) is 10.1. The summed E-state index contributed by atoms with van der Waals surface area (Å²) in [7, 11) is 0. The molecule has 2 fully saturated rings. The predicted octanol–water partition coefficient (Wildman–Crippen LogP) is 3.54. The molecule has 0 aliphatic heterocycles. The lowest BCUT2D eigenvalue weighted by Gasteiger charge is -2.23. The van der Waals surface area contributed by atoms with Gasteiger partial charge in [-0.3, -0.25) is 0 Å². The lowest BCUT2D eigenvalue weighted by atomic mass is 9.98. The topological polar surface area (TPSA) is 35.2 Å². The molecule has 2 saturated carbocycles. The van der Waals surface area contributed by atoms with E-state index >= 15 is 0 Å². The molecule has 0 saturated heterocycles. The minimum Gasteiger partial charge on any atom is -0.489 e. The number of hydrogen-bond donors (Lipinski definition) is 1. The maximum atomic E-state index is 6.21. The minimum atomic E-state index is 0.344. The fourth-order valence-electron chi connectivity index (χ4n) is 3.24. The van der Waals surface area contributed by atoms with Crippen LogP contribution in [0, 0.1) is 11.8 Å². The molecule has 3 unspecified atom stereocenters. The molecule has 2 N–H and O–H groups in total. The van der Waals surface area contributed by atoms with Crippen molar-refractivity contribution in [3.63, 3.8) is 0 Å². The molecule has 0 aromatic heterocycles. The summed E-state index contributed by atoms with van der Waals surface area (Å²) in [6, 6.07) is 5.53. The van der Waals surface area contributed by atoms with E-state index in [0.29, 0.717) is 16.1 Å². The number of hydrogen-bond acceptors (Lipinski definition) is 2. The second-order valence-corrected chi connectivity index (χ2v) is 6.19. The second-order valence-electron chi connectivity index (χ2n) is 5.34. The van der Waals surface area contributed by atoms with Crippen LogP contribution in [-0.2, 0) is 0 Å². The van der Waals surface area contributed by atoms with E-state index in [-0.39, 0.29) is 0 Å². The second kappa shape index (κ2) is 4.71. The molecule has 2 bridgehead atoms. The highest BCUT2D eigenvalue weighted by Gasteiger charge is 2.41. The zero-order chi connectivity index (χ0) is 12.7. The van der Waals surface area contributed by atoms with Crippen molar-refractivity contribution in [3.05, 3.63) is 28.8 Å².